The summed E-state index contributed by atoms with van der Waals surface area (Å²) < 4.78 is 22.6. The zero-order chi connectivity index (χ0) is 14.8. The molecule has 0 unspecified atom stereocenters. The van der Waals surface area contributed by atoms with Crippen LogP contribution in [0.5, 0.6) is 0 Å². The third-order valence-corrected chi connectivity index (χ3v) is 10.1. The molecule has 0 aromatic rings. The van der Waals surface area contributed by atoms with Crippen molar-refractivity contribution in [1.29, 1.82) is 0 Å². The van der Waals surface area contributed by atoms with E-state index in [0.29, 0.717) is 0 Å². The van der Waals surface area contributed by atoms with Gasteiger partial charge in [-0.2, -0.15) is 0 Å². The summed E-state index contributed by atoms with van der Waals surface area (Å²) in [6.45, 7) is 4.34. The first-order valence-corrected chi connectivity index (χ1v) is 10.7. The predicted octanol–water partition coefficient (Wildman–Crippen LogP) is 1.19. The van der Waals surface area contributed by atoms with Crippen molar-refractivity contribution in [3.63, 3.8) is 0 Å². The Morgan fingerprint density at radius 2 is 1.00 bits per heavy atom. The van der Waals surface area contributed by atoms with E-state index in [1.807, 2.05) is 0 Å². The summed E-state index contributed by atoms with van der Waals surface area (Å²) in [5.74, 6) is 0. The molecule has 0 aliphatic rings. The molecule has 0 amide bonds. The Labute approximate surface area is 123 Å². The predicted molar refractivity (Wildman–Crippen MR) is 85.2 cm³/mol. The minimum Gasteiger partial charge on any atom is -0.358 e. The van der Waals surface area contributed by atoms with E-state index in [9.17, 15) is 0 Å². The first-order chi connectivity index (χ1) is 9.07. The minimum atomic E-state index is -0.451. The van der Waals surface area contributed by atoms with E-state index < -0.39 is 19.0 Å². The van der Waals surface area contributed by atoms with Crippen LogP contribution < -0.4 is 0 Å². The number of hydrogen-bond donors (Lipinski definition) is 0. The van der Waals surface area contributed by atoms with Crippen LogP contribution in [0, 0.1) is 0 Å². The Kier molecular flexibility index (Phi) is 10.2. The minimum absolute atomic E-state index is 0.290. The van der Waals surface area contributed by atoms with Gasteiger partial charge in [0.1, 0.15) is 10.8 Å². The van der Waals surface area contributed by atoms with Crippen molar-refractivity contribution in [2.24, 2.45) is 0 Å². The molecule has 0 N–H and O–H groups in total. The highest BCUT2D eigenvalue weighted by atomic mass is 28.3. The van der Waals surface area contributed by atoms with Gasteiger partial charge in [-0.05, 0) is 12.8 Å². The second-order valence-electron chi connectivity index (χ2n) is 4.99. The Hall–Kier alpha value is 0.274. The summed E-state index contributed by atoms with van der Waals surface area (Å²) in [6.07, 6.45) is 4.15. The fraction of sp³-hybridized carbons (Fsp3) is 1.00. The van der Waals surface area contributed by atoms with Gasteiger partial charge in [-0.25, -0.2) is 0 Å². The first-order valence-electron chi connectivity index (χ1n) is 7.28. The van der Waals surface area contributed by atoms with Crippen LogP contribution in [0.3, 0.4) is 0 Å². The molecular weight excluding hydrogens is 276 g/mol. The highest BCUT2D eigenvalue weighted by Gasteiger charge is 2.33. The van der Waals surface area contributed by atoms with Crippen LogP contribution in [0.1, 0.15) is 39.5 Å². The number of hydrogen-bond acceptors (Lipinski definition) is 4. The van der Waals surface area contributed by atoms with E-state index in [0.717, 1.165) is 25.7 Å². The SMILES string of the molecule is CCCC(OC)(OC)[SiH2]C[SiH2]C(CCC)(OC)OC. The normalized spacial score (nSPS) is 14.2. The van der Waals surface area contributed by atoms with E-state index in [1.54, 1.807) is 28.4 Å². The maximum absolute atomic E-state index is 5.65. The van der Waals surface area contributed by atoms with Gasteiger partial charge in [-0.1, -0.05) is 32.4 Å². The maximum atomic E-state index is 5.65. The van der Waals surface area contributed by atoms with Gasteiger partial charge in [0.15, 0.2) is 0 Å². The quantitative estimate of drug-likeness (QED) is 0.401. The highest BCUT2D eigenvalue weighted by Crippen LogP contribution is 2.22. The van der Waals surface area contributed by atoms with Crippen LogP contribution in [-0.2, 0) is 18.9 Å². The third-order valence-electron chi connectivity index (χ3n) is 3.87. The number of ether oxygens (including phenoxy) is 4. The van der Waals surface area contributed by atoms with Crippen molar-refractivity contribution in [1.82, 2.24) is 0 Å². The van der Waals surface area contributed by atoms with Crippen molar-refractivity contribution in [3.8, 4) is 0 Å². The van der Waals surface area contributed by atoms with Crippen LogP contribution in [0.4, 0.5) is 0 Å². The van der Waals surface area contributed by atoms with Crippen LogP contribution >= 0.6 is 0 Å². The average Bonchev–Trinajstić information content (AvgIpc) is 2.45. The van der Waals surface area contributed by atoms with E-state index >= 15 is 0 Å². The Morgan fingerprint density at radius 3 is 1.21 bits per heavy atom. The van der Waals surface area contributed by atoms with Gasteiger partial charge in [-0.15, -0.1) is 0 Å². The lowest BCUT2D eigenvalue weighted by Gasteiger charge is -2.34. The second-order valence-corrected chi connectivity index (χ2v) is 11.0. The Bertz CT molecular complexity index is 197. The molecule has 0 aliphatic heterocycles. The van der Waals surface area contributed by atoms with Crippen LogP contribution in [0.15, 0.2) is 0 Å². The third kappa shape index (κ3) is 6.05. The largest absolute Gasteiger partial charge is 0.358 e. The van der Waals surface area contributed by atoms with Crippen LogP contribution in [-0.4, -0.2) is 58.3 Å². The van der Waals surface area contributed by atoms with E-state index in [4.69, 9.17) is 18.9 Å². The standard InChI is InChI=1S/C13H32O4Si2/c1-7-9-12(14-3,15-4)18-11-19-13(16-5,17-6)10-8-2/h7-11,18-19H2,1-6H3. The highest BCUT2D eigenvalue weighted by molar-refractivity contribution is 6.58. The molecule has 0 heterocycles. The first kappa shape index (κ1) is 19.3. The second kappa shape index (κ2) is 10.1. The molecule has 0 aliphatic carbocycles. The molecule has 6 heteroatoms. The lowest BCUT2D eigenvalue weighted by Crippen LogP contribution is -2.45. The molecule has 0 atom stereocenters. The van der Waals surface area contributed by atoms with Gasteiger partial charge in [0, 0.05) is 28.4 Å². The lowest BCUT2D eigenvalue weighted by molar-refractivity contribution is -0.151. The monoisotopic (exact) mass is 308 g/mol. The van der Waals surface area contributed by atoms with Crippen LogP contribution in [0.25, 0.3) is 0 Å². The van der Waals surface area contributed by atoms with Crippen molar-refractivity contribution in [3.05, 3.63) is 0 Å². The maximum Gasteiger partial charge on any atom is 0.143 e. The van der Waals surface area contributed by atoms with Gasteiger partial charge in [0.2, 0.25) is 0 Å². The molecule has 0 radical (unpaired) electrons. The molecule has 0 bridgehead atoms. The summed E-state index contributed by atoms with van der Waals surface area (Å²) in [6, 6.07) is 0. The molecule has 116 valence electrons. The summed E-state index contributed by atoms with van der Waals surface area (Å²) in [5.41, 5.74) is 0.645. The molecule has 19 heavy (non-hydrogen) atoms. The van der Waals surface area contributed by atoms with E-state index in [2.05, 4.69) is 13.8 Å². The fourth-order valence-corrected chi connectivity index (χ4v) is 9.66. The van der Waals surface area contributed by atoms with E-state index in [-0.39, 0.29) is 10.8 Å². The fourth-order valence-electron chi connectivity index (χ4n) is 2.62. The van der Waals surface area contributed by atoms with Crippen molar-refractivity contribution >= 4 is 19.0 Å². The number of methoxy groups -OCH3 is 4. The summed E-state index contributed by atoms with van der Waals surface area (Å²) >= 11 is 0. The average molecular weight is 309 g/mol. The zero-order valence-corrected chi connectivity index (χ0v) is 16.4. The Morgan fingerprint density at radius 1 is 0.684 bits per heavy atom. The molecule has 0 fully saturated rings. The number of rotatable bonds is 12. The molecule has 0 spiro atoms. The molecule has 0 saturated carbocycles. The van der Waals surface area contributed by atoms with Gasteiger partial charge < -0.3 is 18.9 Å². The van der Waals surface area contributed by atoms with Crippen molar-refractivity contribution in [2.75, 3.05) is 28.4 Å². The molecule has 0 rings (SSSR count). The van der Waals surface area contributed by atoms with Crippen molar-refractivity contribution in [2.45, 2.75) is 56.0 Å². The molecular formula is C13H32O4Si2. The molecule has 0 aromatic heterocycles. The van der Waals surface area contributed by atoms with Crippen molar-refractivity contribution < 1.29 is 18.9 Å². The lowest BCUT2D eigenvalue weighted by atomic mass is 10.3. The van der Waals surface area contributed by atoms with Gasteiger partial charge in [0.05, 0.1) is 19.0 Å². The topological polar surface area (TPSA) is 36.9 Å². The van der Waals surface area contributed by atoms with Gasteiger partial charge >= 0.3 is 0 Å². The van der Waals surface area contributed by atoms with Gasteiger partial charge in [-0.3, -0.25) is 0 Å². The van der Waals surface area contributed by atoms with E-state index in [1.165, 1.54) is 5.67 Å². The summed E-state index contributed by atoms with van der Waals surface area (Å²) in [5, 5.41) is 0. The molecule has 4 nitrogen and oxygen atoms in total. The summed E-state index contributed by atoms with van der Waals surface area (Å²) in [7, 11) is 6.15. The Balaban J connectivity index is 4.43. The van der Waals surface area contributed by atoms with Crippen LogP contribution in [0.2, 0.25) is 5.67 Å². The summed E-state index contributed by atoms with van der Waals surface area (Å²) in [4.78, 5) is 0. The smallest absolute Gasteiger partial charge is 0.143 e. The van der Waals surface area contributed by atoms with Gasteiger partial charge in [0.25, 0.3) is 0 Å². The molecule has 0 aromatic carbocycles. The zero-order valence-electron chi connectivity index (χ0n) is 13.6. The molecule has 0 saturated heterocycles.